The molecule has 0 aliphatic heterocycles. The van der Waals surface area contributed by atoms with Crippen LogP contribution in [0.15, 0.2) is 51.2 Å². The van der Waals surface area contributed by atoms with E-state index in [4.69, 9.17) is 16.2 Å². The molecule has 0 saturated heterocycles. The van der Waals surface area contributed by atoms with Crippen molar-refractivity contribution in [1.29, 1.82) is 0 Å². The molecule has 0 saturated carbocycles. The van der Waals surface area contributed by atoms with Gasteiger partial charge in [-0.15, -0.1) is 11.8 Å². The molecule has 0 spiro atoms. The van der Waals surface area contributed by atoms with E-state index in [9.17, 15) is 13.2 Å². The molecule has 30 heavy (non-hydrogen) atoms. The van der Waals surface area contributed by atoms with Crippen LogP contribution in [0, 0.1) is 6.92 Å². The summed E-state index contributed by atoms with van der Waals surface area (Å²) in [5.41, 5.74) is 11.3. The van der Waals surface area contributed by atoms with Gasteiger partial charge in [0.05, 0.1) is 0 Å². The molecular weight excluding hydrogens is 424 g/mol. The number of thioether (sulfide) groups is 1. The molecular formula is C20H26N4O4S2. The van der Waals surface area contributed by atoms with Crippen molar-refractivity contribution >= 4 is 33.5 Å². The van der Waals surface area contributed by atoms with Crippen molar-refractivity contribution in [1.82, 2.24) is 4.90 Å². The smallest absolute Gasteiger partial charge is 0.280 e. The van der Waals surface area contributed by atoms with Gasteiger partial charge in [0.15, 0.2) is 15.8 Å². The van der Waals surface area contributed by atoms with E-state index in [1.165, 1.54) is 18.2 Å². The zero-order valence-corrected chi connectivity index (χ0v) is 19.0. The van der Waals surface area contributed by atoms with Gasteiger partial charge in [-0.25, -0.2) is 8.42 Å². The zero-order chi connectivity index (χ0) is 22.5. The monoisotopic (exact) mass is 450 g/mol. The highest BCUT2D eigenvalue weighted by Crippen LogP contribution is 2.33. The van der Waals surface area contributed by atoms with Crippen LogP contribution in [-0.2, 0) is 9.84 Å². The van der Waals surface area contributed by atoms with Gasteiger partial charge < -0.3 is 21.1 Å². The van der Waals surface area contributed by atoms with E-state index in [1.807, 2.05) is 33.2 Å². The lowest BCUT2D eigenvalue weighted by Gasteiger charge is -2.14. The second kappa shape index (κ2) is 9.96. The minimum Gasteiger partial charge on any atom is -0.456 e. The van der Waals surface area contributed by atoms with Gasteiger partial charge in [-0.2, -0.15) is 4.99 Å². The first-order valence-corrected chi connectivity index (χ1v) is 11.9. The van der Waals surface area contributed by atoms with E-state index in [2.05, 4.69) is 9.89 Å². The predicted molar refractivity (Wildman–Crippen MR) is 120 cm³/mol. The summed E-state index contributed by atoms with van der Waals surface area (Å²) in [6, 6.07) is 9.77. The molecule has 0 radical (unpaired) electrons. The van der Waals surface area contributed by atoms with Crippen molar-refractivity contribution in [3.05, 3.63) is 47.5 Å². The van der Waals surface area contributed by atoms with E-state index in [0.29, 0.717) is 5.75 Å². The molecule has 0 bridgehead atoms. The Morgan fingerprint density at radius 3 is 2.37 bits per heavy atom. The number of benzene rings is 2. The summed E-state index contributed by atoms with van der Waals surface area (Å²) in [4.78, 5) is 18.6. The molecule has 2 aromatic rings. The van der Waals surface area contributed by atoms with Gasteiger partial charge in [-0.1, -0.05) is 0 Å². The molecule has 0 unspecified atom stereocenters. The third kappa shape index (κ3) is 6.75. The summed E-state index contributed by atoms with van der Waals surface area (Å²) in [5, 5.41) is 0. The molecule has 2 aromatic carbocycles. The van der Waals surface area contributed by atoms with Gasteiger partial charge in [0, 0.05) is 29.0 Å². The Balaban J connectivity index is 2.31. The van der Waals surface area contributed by atoms with Crippen LogP contribution in [0.5, 0.6) is 11.5 Å². The van der Waals surface area contributed by atoms with Crippen molar-refractivity contribution in [2.75, 3.05) is 32.6 Å². The standard InChI is InChI=1S/C20H26N4O4S2/c1-13-11-15(29-10-9-24(2)3)6-8-16(13)28-17-7-5-14(19(25)23-20(21)22)12-18(17)30(4,26)27/h5-8,11-12H,9-10H2,1-4H3,(H4,21,22,23,25). The zero-order valence-electron chi connectivity index (χ0n) is 17.4. The molecule has 0 atom stereocenters. The summed E-state index contributed by atoms with van der Waals surface area (Å²) in [7, 11) is 0.376. The lowest BCUT2D eigenvalue weighted by atomic mass is 10.2. The number of ether oxygens (including phenoxy) is 1. The number of carbonyl (C=O) groups excluding carboxylic acids is 1. The number of hydrogen-bond acceptors (Lipinski definition) is 6. The molecule has 10 heteroatoms. The van der Waals surface area contributed by atoms with Crippen molar-refractivity contribution in [2.45, 2.75) is 16.7 Å². The van der Waals surface area contributed by atoms with Gasteiger partial charge in [0.2, 0.25) is 0 Å². The highest BCUT2D eigenvalue weighted by atomic mass is 32.2. The van der Waals surface area contributed by atoms with E-state index in [1.54, 1.807) is 17.8 Å². The third-order valence-electron chi connectivity index (χ3n) is 3.99. The number of sulfone groups is 1. The van der Waals surface area contributed by atoms with Crippen molar-refractivity contribution in [3.8, 4) is 11.5 Å². The fourth-order valence-electron chi connectivity index (χ4n) is 2.49. The Morgan fingerprint density at radius 1 is 1.13 bits per heavy atom. The maximum atomic E-state index is 12.3. The number of aryl methyl sites for hydroxylation is 1. The van der Waals surface area contributed by atoms with Crippen LogP contribution in [0.1, 0.15) is 15.9 Å². The lowest BCUT2D eigenvalue weighted by molar-refractivity contribution is 0.100. The summed E-state index contributed by atoms with van der Waals surface area (Å²) in [6.45, 7) is 2.85. The largest absolute Gasteiger partial charge is 0.456 e. The average molecular weight is 451 g/mol. The van der Waals surface area contributed by atoms with Crippen LogP contribution in [0.2, 0.25) is 0 Å². The van der Waals surface area contributed by atoms with Gasteiger partial charge in [0.25, 0.3) is 5.91 Å². The Morgan fingerprint density at radius 2 is 1.80 bits per heavy atom. The van der Waals surface area contributed by atoms with Crippen LogP contribution >= 0.6 is 11.8 Å². The highest BCUT2D eigenvalue weighted by Gasteiger charge is 2.19. The number of guanidine groups is 1. The summed E-state index contributed by atoms with van der Waals surface area (Å²) >= 11 is 1.73. The Bertz CT molecular complexity index is 1060. The van der Waals surface area contributed by atoms with E-state index in [-0.39, 0.29) is 16.2 Å². The molecule has 8 nitrogen and oxygen atoms in total. The second-order valence-corrected chi connectivity index (χ2v) is 10.1. The maximum Gasteiger partial charge on any atom is 0.280 e. The van der Waals surface area contributed by atoms with Crippen LogP contribution in [0.25, 0.3) is 0 Å². The number of nitrogens with two attached hydrogens (primary N) is 2. The number of nitrogens with zero attached hydrogens (tertiary/aromatic N) is 2. The maximum absolute atomic E-state index is 12.3. The quantitative estimate of drug-likeness (QED) is 0.356. The first-order chi connectivity index (χ1) is 14.0. The summed E-state index contributed by atoms with van der Waals surface area (Å²) < 4.78 is 30.4. The van der Waals surface area contributed by atoms with E-state index < -0.39 is 21.7 Å². The number of hydrogen-bond donors (Lipinski definition) is 2. The molecule has 0 fully saturated rings. The van der Waals surface area contributed by atoms with E-state index in [0.717, 1.165) is 29.0 Å². The molecule has 0 aliphatic carbocycles. The fraction of sp³-hybridized carbons (Fsp3) is 0.300. The van der Waals surface area contributed by atoms with Crippen LogP contribution in [0.3, 0.4) is 0 Å². The van der Waals surface area contributed by atoms with Gasteiger partial charge in [-0.3, -0.25) is 4.79 Å². The van der Waals surface area contributed by atoms with Crippen LogP contribution < -0.4 is 16.2 Å². The van der Waals surface area contributed by atoms with Crippen molar-refractivity contribution in [2.24, 2.45) is 16.5 Å². The Labute approximate surface area is 181 Å². The first-order valence-electron chi connectivity index (χ1n) is 9.01. The molecule has 1 amide bonds. The number of carbonyl (C=O) groups is 1. The highest BCUT2D eigenvalue weighted by molar-refractivity contribution is 7.99. The average Bonchev–Trinajstić information content (AvgIpc) is 2.62. The topological polar surface area (TPSA) is 128 Å². The molecule has 0 aliphatic rings. The number of amides is 1. The molecule has 4 N–H and O–H groups in total. The summed E-state index contributed by atoms with van der Waals surface area (Å²) in [5.74, 6) is 0.466. The molecule has 0 aromatic heterocycles. The minimum absolute atomic E-state index is 0.0422. The molecule has 0 heterocycles. The molecule has 2 rings (SSSR count). The summed E-state index contributed by atoms with van der Waals surface area (Å²) in [6.07, 6.45) is 1.04. The lowest BCUT2D eigenvalue weighted by Crippen LogP contribution is -2.24. The third-order valence-corrected chi connectivity index (χ3v) is 6.09. The SMILES string of the molecule is Cc1cc(SCCN(C)C)ccc1Oc1ccc(C(=O)N=C(N)N)cc1S(C)(=O)=O. The molecule has 162 valence electrons. The number of aliphatic imine (C=N–C) groups is 1. The van der Waals surface area contributed by atoms with Crippen molar-refractivity contribution in [3.63, 3.8) is 0 Å². The van der Waals surface area contributed by atoms with Crippen LogP contribution in [0.4, 0.5) is 0 Å². The number of rotatable bonds is 8. The van der Waals surface area contributed by atoms with Gasteiger partial charge in [-0.05, 0) is 63.0 Å². The first kappa shape index (κ1) is 23.7. The fourth-order valence-corrected chi connectivity index (χ4v) is 4.42. The van der Waals surface area contributed by atoms with Gasteiger partial charge in [0.1, 0.15) is 16.4 Å². The van der Waals surface area contributed by atoms with Gasteiger partial charge >= 0.3 is 0 Å². The van der Waals surface area contributed by atoms with Crippen molar-refractivity contribution < 1.29 is 17.9 Å². The van der Waals surface area contributed by atoms with E-state index >= 15 is 0 Å². The normalized spacial score (nSPS) is 11.4. The second-order valence-electron chi connectivity index (χ2n) is 6.96. The Kier molecular flexibility index (Phi) is 7.88. The minimum atomic E-state index is -3.68. The Hall–Kier alpha value is -2.56. The predicted octanol–water partition coefficient (Wildman–Crippen LogP) is 2.26. The van der Waals surface area contributed by atoms with Crippen LogP contribution in [-0.4, -0.2) is 57.8 Å².